The number of nitriles is 1. The van der Waals surface area contributed by atoms with Crippen LogP contribution >= 0.6 is 11.3 Å². The number of thiophene rings is 1. The molecule has 0 aliphatic heterocycles. The highest BCUT2D eigenvalue weighted by Crippen LogP contribution is 2.37. The number of hydrogen-bond acceptors (Lipinski definition) is 6. The number of ether oxygens (including phenoxy) is 1. The molecule has 0 bridgehead atoms. The molecule has 1 aromatic heterocycles. The Labute approximate surface area is 104 Å². The van der Waals surface area contributed by atoms with Gasteiger partial charge in [0.05, 0.1) is 12.8 Å². The van der Waals surface area contributed by atoms with Crippen LogP contribution in [0, 0.1) is 11.3 Å². The van der Waals surface area contributed by atoms with E-state index in [9.17, 15) is 4.79 Å². The minimum Gasteiger partial charge on any atom is -0.465 e. The molecule has 1 heterocycles. The molecule has 0 aromatic carbocycles. The van der Waals surface area contributed by atoms with Gasteiger partial charge in [-0.05, 0) is 6.42 Å². The molecule has 0 atom stereocenters. The summed E-state index contributed by atoms with van der Waals surface area (Å²) in [5.74, 6) is -0.500. The Kier molecular flexibility index (Phi) is 4.35. The third-order valence-electron chi connectivity index (χ3n) is 2.31. The third kappa shape index (κ3) is 2.50. The topological polar surface area (TPSA) is 79.3 Å². The van der Waals surface area contributed by atoms with Gasteiger partial charge in [-0.25, -0.2) is 4.79 Å². The molecule has 0 unspecified atom stereocenters. The Balaban J connectivity index is 3.23. The second-order valence-electron chi connectivity index (χ2n) is 3.55. The van der Waals surface area contributed by atoms with Crippen LogP contribution in [-0.4, -0.2) is 26.7 Å². The SMILES string of the molecule is CCCN(C)c1sc(C(=O)OC)c(N)c1C#N. The molecule has 1 rings (SSSR count). The van der Waals surface area contributed by atoms with Gasteiger partial charge in [-0.15, -0.1) is 11.3 Å². The minimum atomic E-state index is -0.500. The lowest BCUT2D eigenvalue weighted by atomic mass is 10.2. The first-order valence-electron chi connectivity index (χ1n) is 5.18. The molecule has 0 saturated carbocycles. The van der Waals surface area contributed by atoms with Gasteiger partial charge in [0.2, 0.25) is 0 Å². The molecule has 6 heteroatoms. The first-order chi connectivity index (χ1) is 8.06. The van der Waals surface area contributed by atoms with Crippen molar-refractivity contribution in [3.8, 4) is 6.07 Å². The number of nitrogens with two attached hydrogens (primary N) is 1. The lowest BCUT2D eigenvalue weighted by Crippen LogP contribution is -2.17. The van der Waals surface area contributed by atoms with Crippen molar-refractivity contribution in [3.05, 3.63) is 10.4 Å². The minimum absolute atomic E-state index is 0.210. The number of carbonyl (C=O) groups excluding carboxylic acids is 1. The molecule has 1 aromatic rings. The van der Waals surface area contributed by atoms with Crippen molar-refractivity contribution in [2.45, 2.75) is 13.3 Å². The number of carbonyl (C=O) groups is 1. The summed E-state index contributed by atoms with van der Waals surface area (Å²) in [7, 11) is 3.17. The quantitative estimate of drug-likeness (QED) is 0.828. The van der Waals surface area contributed by atoms with E-state index in [2.05, 4.69) is 4.74 Å². The molecular weight excluding hydrogens is 238 g/mol. The number of nitrogen functional groups attached to an aromatic ring is 1. The predicted octanol–water partition coefficient (Wildman–Crippen LogP) is 1.83. The largest absolute Gasteiger partial charge is 0.465 e. The standard InChI is InChI=1S/C11H15N3O2S/c1-4-5-14(2)10-7(6-12)8(13)9(17-10)11(15)16-3/h4-5,13H2,1-3H3. The van der Waals surface area contributed by atoms with E-state index in [-0.39, 0.29) is 5.69 Å². The van der Waals surface area contributed by atoms with E-state index < -0.39 is 5.97 Å². The van der Waals surface area contributed by atoms with Crippen LogP contribution in [0.2, 0.25) is 0 Å². The van der Waals surface area contributed by atoms with E-state index in [4.69, 9.17) is 11.0 Å². The van der Waals surface area contributed by atoms with Gasteiger partial charge in [-0.3, -0.25) is 0 Å². The second kappa shape index (κ2) is 5.55. The van der Waals surface area contributed by atoms with Gasteiger partial charge in [-0.1, -0.05) is 6.92 Å². The van der Waals surface area contributed by atoms with Crippen LogP contribution in [0.25, 0.3) is 0 Å². The van der Waals surface area contributed by atoms with Crippen LogP contribution in [0.15, 0.2) is 0 Å². The maximum absolute atomic E-state index is 11.5. The summed E-state index contributed by atoms with van der Waals surface area (Å²) < 4.78 is 4.63. The molecule has 5 nitrogen and oxygen atoms in total. The number of esters is 1. The van der Waals surface area contributed by atoms with Gasteiger partial charge >= 0.3 is 5.97 Å². The molecular formula is C11H15N3O2S. The Bertz CT molecular complexity index is 462. The van der Waals surface area contributed by atoms with E-state index in [1.54, 1.807) is 0 Å². The van der Waals surface area contributed by atoms with E-state index in [1.807, 2.05) is 24.9 Å². The van der Waals surface area contributed by atoms with Crippen LogP contribution in [0.3, 0.4) is 0 Å². The van der Waals surface area contributed by atoms with E-state index in [0.29, 0.717) is 15.4 Å². The van der Waals surface area contributed by atoms with Gasteiger partial charge in [0.25, 0.3) is 0 Å². The Morgan fingerprint density at radius 2 is 2.29 bits per heavy atom. The van der Waals surface area contributed by atoms with Gasteiger partial charge in [0.1, 0.15) is 21.5 Å². The first-order valence-corrected chi connectivity index (χ1v) is 6.00. The fraction of sp³-hybridized carbons (Fsp3) is 0.455. The number of anilines is 2. The van der Waals surface area contributed by atoms with Crippen molar-refractivity contribution in [2.75, 3.05) is 31.3 Å². The first kappa shape index (κ1) is 13.3. The average molecular weight is 253 g/mol. The zero-order valence-electron chi connectivity index (χ0n) is 10.1. The molecule has 0 amide bonds. The Hall–Kier alpha value is -1.74. The molecule has 17 heavy (non-hydrogen) atoms. The van der Waals surface area contributed by atoms with Gasteiger partial charge in [0.15, 0.2) is 0 Å². The number of rotatable bonds is 4. The lowest BCUT2D eigenvalue weighted by Gasteiger charge is -2.15. The second-order valence-corrected chi connectivity index (χ2v) is 4.55. The summed E-state index contributed by atoms with van der Waals surface area (Å²) in [4.78, 5) is 13.7. The van der Waals surface area contributed by atoms with Crippen molar-refractivity contribution in [1.82, 2.24) is 0 Å². The molecule has 92 valence electrons. The lowest BCUT2D eigenvalue weighted by molar-refractivity contribution is 0.0607. The summed E-state index contributed by atoms with van der Waals surface area (Å²) in [5.41, 5.74) is 6.35. The molecule has 0 saturated heterocycles. The number of nitrogens with zero attached hydrogens (tertiary/aromatic N) is 2. The molecule has 0 spiro atoms. The molecule has 2 N–H and O–H groups in total. The van der Waals surface area contributed by atoms with Crippen molar-refractivity contribution in [3.63, 3.8) is 0 Å². The molecule has 0 aliphatic rings. The third-order valence-corrected chi connectivity index (χ3v) is 3.61. The summed E-state index contributed by atoms with van der Waals surface area (Å²) in [6.45, 7) is 2.84. The fourth-order valence-electron chi connectivity index (χ4n) is 1.49. The zero-order chi connectivity index (χ0) is 13.0. The zero-order valence-corrected chi connectivity index (χ0v) is 10.9. The molecule has 0 radical (unpaired) electrons. The Morgan fingerprint density at radius 3 is 2.76 bits per heavy atom. The van der Waals surface area contributed by atoms with Crippen molar-refractivity contribution in [1.29, 1.82) is 5.26 Å². The summed E-state index contributed by atoms with van der Waals surface area (Å²) >= 11 is 1.20. The summed E-state index contributed by atoms with van der Waals surface area (Å²) in [5, 5.41) is 9.80. The van der Waals surface area contributed by atoms with Gasteiger partial charge in [0, 0.05) is 13.6 Å². The summed E-state index contributed by atoms with van der Waals surface area (Å²) in [6.07, 6.45) is 0.951. The van der Waals surface area contributed by atoms with Crippen molar-refractivity contribution < 1.29 is 9.53 Å². The highest BCUT2D eigenvalue weighted by Gasteiger charge is 2.23. The number of hydrogen-bond donors (Lipinski definition) is 1. The van der Waals surface area contributed by atoms with Gasteiger partial charge < -0.3 is 15.4 Å². The van der Waals surface area contributed by atoms with Crippen LogP contribution in [-0.2, 0) is 4.74 Å². The number of methoxy groups -OCH3 is 1. The van der Waals surface area contributed by atoms with Gasteiger partial charge in [-0.2, -0.15) is 5.26 Å². The molecule has 0 fully saturated rings. The normalized spacial score (nSPS) is 9.76. The van der Waals surface area contributed by atoms with E-state index in [0.717, 1.165) is 13.0 Å². The van der Waals surface area contributed by atoms with E-state index >= 15 is 0 Å². The average Bonchev–Trinajstić information content (AvgIpc) is 2.65. The Morgan fingerprint density at radius 1 is 1.65 bits per heavy atom. The van der Waals surface area contributed by atoms with Crippen LogP contribution < -0.4 is 10.6 Å². The van der Waals surface area contributed by atoms with E-state index in [1.165, 1.54) is 18.4 Å². The predicted molar refractivity (Wildman–Crippen MR) is 68.3 cm³/mol. The smallest absolute Gasteiger partial charge is 0.350 e. The maximum Gasteiger partial charge on any atom is 0.350 e. The van der Waals surface area contributed by atoms with Crippen LogP contribution in [0.4, 0.5) is 10.7 Å². The highest BCUT2D eigenvalue weighted by atomic mass is 32.1. The van der Waals surface area contributed by atoms with Crippen molar-refractivity contribution >= 4 is 28.0 Å². The highest BCUT2D eigenvalue weighted by molar-refractivity contribution is 7.18. The summed E-state index contributed by atoms with van der Waals surface area (Å²) in [6, 6.07) is 2.04. The monoisotopic (exact) mass is 253 g/mol. The van der Waals surface area contributed by atoms with Crippen LogP contribution in [0.1, 0.15) is 28.6 Å². The maximum atomic E-state index is 11.5. The fourth-order valence-corrected chi connectivity index (χ4v) is 2.57. The van der Waals surface area contributed by atoms with Crippen LogP contribution in [0.5, 0.6) is 0 Å². The molecule has 0 aliphatic carbocycles. The van der Waals surface area contributed by atoms with Crippen molar-refractivity contribution in [2.24, 2.45) is 0 Å².